The van der Waals surface area contributed by atoms with E-state index < -0.39 is 59.0 Å². The first-order valence-electron chi connectivity index (χ1n) is 10.3. The minimum Gasteiger partial charge on any atom is -0.481 e. The van der Waals surface area contributed by atoms with Crippen LogP contribution >= 0.6 is 15.9 Å². The zero-order chi connectivity index (χ0) is 24.3. The fourth-order valence-corrected chi connectivity index (χ4v) is 4.56. The topological polar surface area (TPSA) is 75.6 Å². The molecule has 2 N–H and O–H groups in total. The average Bonchev–Trinajstić information content (AvgIpc) is 2.74. The van der Waals surface area contributed by atoms with E-state index in [4.69, 9.17) is 4.74 Å². The highest BCUT2D eigenvalue weighted by molar-refractivity contribution is 9.10. The van der Waals surface area contributed by atoms with Gasteiger partial charge in [0.2, 0.25) is 5.91 Å². The number of hydrogen-bond donors (Lipinski definition) is 2. The van der Waals surface area contributed by atoms with E-state index in [1.807, 2.05) is 0 Å². The minimum atomic E-state index is -4.73. The number of ether oxygens (including phenoxy) is 1. The Bertz CT molecular complexity index is 1010. The summed E-state index contributed by atoms with van der Waals surface area (Å²) in [5.41, 5.74) is -0.921. The van der Waals surface area contributed by atoms with E-state index in [1.54, 1.807) is 31.2 Å². The van der Waals surface area contributed by atoms with Crippen molar-refractivity contribution in [3.05, 3.63) is 63.9 Å². The largest absolute Gasteiger partial charge is 0.481 e. The van der Waals surface area contributed by atoms with Gasteiger partial charge >= 0.3 is 12.1 Å². The second-order valence-electron chi connectivity index (χ2n) is 7.86. The number of benzene rings is 2. The van der Waals surface area contributed by atoms with Crippen LogP contribution in [0, 0.1) is 17.7 Å². The summed E-state index contributed by atoms with van der Waals surface area (Å²) in [6.45, 7) is 2.14. The van der Waals surface area contributed by atoms with Crippen molar-refractivity contribution in [3.8, 4) is 0 Å². The van der Waals surface area contributed by atoms with Crippen molar-refractivity contribution in [1.29, 1.82) is 0 Å². The third-order valence-electron chi connectivity index (χ3n) is 5.78. The highest BCUT2D eigenvalue weighted by Crippen LogP contribution is 2.43. The van der Waals surface area contributed by atoms with Gasteiger partial charge in [0.15, 0.2) is 0 Å². The van der Waals surface area contributed by atoms with Crippen LogP contribution in [0.15, 0.2) is 46.9 Å². The molecule has 2 aromatic carbocycles. The van der Waals surface area contributed by atoms with E-state index in [0.717, 1.165) is 10.5 Å². The smallest absolute Gasteiger partial charge is 0.416 e. The molecule has 10 heteroatoms. The van der Waals surface area contributed by atoms with Crippen molar-refractivity contribution < 1.29 is 37.0 Å². The molecule has 178 valence electrons. The molecule has 0 aromatic heterocycles. The van der Waals surface area contributed by atoms with Crippen LogP contribution in [-0.2, 0) is 20.5 Å². The van der Waals surface area contributed by atoms with Crippen molar-refractivity contribution >= 4 is 33.5 Å². The monoisotopic (exact) mass is 531 g/mol. The molecular weight excluding hydrogens is 510 g/mol. The van der Waals surface area contributed by atoms with Gasteiger partial charge in [-0.05, 0) is 55.7 Å². The van der Waals surface area contributed by atoms with E-state index >= 15 is 0 Å². The predicted molar refractivity (Wildman–Crippen MR) is 116 cm³/mol. The molecule has 1 aliphatic rings. The first-order valence-corrected chi connectivity index (χ1v) is 11.1. The van der Waals surface area contributed by atoms with E-state index in [-0.39, 0.29) is 6.42 Å². The lowest BCUT2D eigenvalue weighted by molar-refractivity contribution is -0.151. The summed E-state index contributed by atoms with van der Waals surface area (Å²) in [6.07, 6.45) is -4.67. The Hall–Kier alpha value is -2.46. The molecule has 0 saturated heterocycles. The van der Waals surface area contributed by atoms with E-state index in [2.05, 4.69) is 21.2 Å². The number of alkyl halides is 3. The first-order chi connectivity index (χ1) is 15.5. The maximum absolute atomic E-state index is 14.3. The van der Waals surface area contributed by atoms with Crippen LogP contribution in [0.1, 0.15) is 36.8 Å². The highest BCUT2D eigenvalue weighted by atomic mass is 79.9. The van der Waals surface area contributed by atoms with Gasteiger partial charge in [-0.15, -0.1) is 0 Å². The zero-order valence-electron chi connectivity index (χ0n) is 17.5. The van der Waals surface area contributed by atoms with Gasteiger partial charge in [0, 0.05) is 17.0 Å². The van der Waals surface area contributed by atoms with Gasteiger partial charge in [0.25, 0.3) is 0 Å². The highest BCUT2D eigenvalue weighted by Gasteiger charge is 2.46. The summed E-state index contributed by atoms with van der Waals surface area (Å²) in [6, 6.07) is 8.84. The summed E-state index contributed by atoms with van der Waals surface area (Å²) in [5.74, 6) is -5.98. The van der Waals surface area contributed by atoms with E-state index in [0.29, 0.717) is 30.7 Å². The fraction of sp³-hybridized carbons (Fsp3) is 0.391. The number of rotatable bonds is 6. The average molecular weight is 532 g/mol. The van der Waals surface area contributed by atoms with Gasteiger partial charge in [-0.2, -0.15) is 13.2 Å². The number of carboxylic acids is 1. The molecule has 4 unspecified atom stereocenters. The number of halogens is 5. The lowest BCUT2D eigenvalue weighted by Crippen LogP contribution is -2.44. The van der Waals surface area contributed by atoms with Crippen molar-refractivity contribution in [2.75, 3.05) is 11.9 Å². The number of carbonyl (C=O) groups is 2. The van der Waals surface area contributed by atoms with Gasteiger partial charge in [-0.1, -0.05) is 28.1 Å². The summed E-state index contributed by atoms with van der Waals surface area (Å²) in [5, 5.41) is 12.3. The number of carboxylic acid groups (broad SMARTS) is 1. The van der Waals surface area contributed by atoms with Gasteiger partial charge in [0.1, 0.15) is 5.82 Å². The Morgan fingerprint density at radius 2 is 1.82 bits per heavy atom. The Morgan fingerprint density at radius 1 is 1.15 bits per heavy atom. The summed E-state index contributed by atoms with van der Waals surface area (Å²) in [4.78, 5) is 25.3. The SMILES string of the molecule is CCOC1CC(C(=O)Nc2ccc(C(F)(F)F)cc2F)C(C(=O)O)C(c2ccc(Br)cc2)C1. The third-order valence-corrected chi connectivity index (χ3v) is 6.31. The second-order valence-corrected chi connectivity index (χ2v) is 8.77. The van der Waals surface area contributed by atoms with Crippen molar-refractivity contribution in [2.24, 2.45) is 11.8 Å². The molecule has 1 fully saturated rings. The number of aliphatic carboxylic acids is 1. The lowest BCUT2D eigenvalue weighted by Gasteiger charge is -2.39. The Labute approximate surface area is 196 Å². The normalized spacial score (nSPS) is 23.2. The Morgan fingerprint density at radius 3 is 2.36 bits per heavy atom. The van der Waals surface area contributed by atoms with Crippen LogP contribution in [0.2, 0.25) is 0 Å². The molecule has 4 atom stereocenters. The molecule has 0 spiro atoms. The number of anilines is 1. The maximum Gasteiger partial charge on any atom is 0.416 e. The standard InChI is InChI=1S/C23H22BrF4NO4/c1-2-33-15-10-16(12-3-6-14(24)7-4-12)20(22(31)32)17(11-15)21(30)29-19-8-5-13(9-18(19)25)23(26,27)28/h3-9,15-17,20H,2,10-11H2,1H3,(H,29,30)(H,31,32). The maximum atomic E-state index is 14.3. The van der Waals surface area contributed by atoms with E-state index in [1.165, 1.54) is 0 Å². The van der Waals surface area contributed by atoms with Crippen LogP contribution in [0.25, 0.3) is 0 Å². The van der Waals surface area contributed by atoms with Crippen LogP contribution in [-0.4, -0.2) is 29.7 Å². The van der Waals surface area contributed by atoms with E-state index in [9.17, 15) is 32.3 Å². The molecule has 5 nitrogen and oxygen atoms in total. The predicted octanol–water partition coefficient (Wildman–Crippen LogP) is 5.85. The number of amides is 1. The number of hydrogen-bond acceptors (Lipinski definition) is 3. The van der Waals surface area contributed by atoms with Crippen LogP contribution < -0.4 is 5.32 Å². The summed E-state index contributed by atoms with van der Waals surface area (Å²) >= 11 is 3.34. The van der Waals surface area contributed by atoms with Crippen molar-refractivity contribution in [1.82, 2.24) is 0 Å². The zero-order valence-corrected chi connectivity index (χ0v) is 19.1. The molecule has 0 aliphatic heterocycles. The third kappa shape index (κ3) is 5.92. The lowest BCUT2D eigenvalue weighted by atomic mass is 9.68. The van der Waals surface area contributed by atoms with Crippen LogP contribution in [0.5, 0.6) is 0 Å². The molecule has 0 bridgehead atoms. The van der Waals surface area contributed by atoms with Crippen molar-refractivity contribution in [2.45, 2.75) is 38.0 Å². The summed E-state index contributed by atoms with van der Waals surface area (Å²) in [7, 11) is 0. The molecule has 1 aliphatic carbocycles. The van der Waals surface area contributed by atoms with Gasteiger partial charge < -0.3 is 15.2 Å². The molecule has 1 saturated carbocycles. The first kappa shape index (κ1) is 25.2. The van der Waals surface area contributed by atoms with Gasteiger partial charge in [-0.3, -0.25) is 9.59 Å². The van der Waals surface area contributed by atoms with Gasteiger partial charge in [0.05, 0.1) is 29.2 Å². The molecule has 33 heavy (non-hydrogen) atoms. The quantitative estimate of drug-likeness (QED) is 0.459. The molecule has 2 aromatic rings. The van der Waals surface area contributed by atoms with Crippen LogP contribution in [0.3, 0.4) is 0 Å². The fourth-order valence-electron chi connectivity index (χ4n) is 4.29. The number of nitrogens with one attached hydrogen (secondary N) is 1. The van der Waals surface area contributed by atoms with Crippen molar-refractivity contribution in [3.63, 3.8) is 0 Å². The molecule has 3 rings (SSSR count). The molecule has 0 radical (unpaired) electrons. The molecule has 0 heterocycles. The second kappa shape index (κ2) is 10.2. The molecular formula is C23H22BrF4NO4. The minimum absolute atomic E-state index is 0.0892. The summed E-state index contributed by atoms with van der Waals surface area (Å²) < 4.78 is 59.2. The van der Waals surface area contributed by atoms with Gasteiger partial charge in [-0.25, -0.2) is 4.39 Å². The number of carbonyl (C=O) groups excluding carboxylic acids is 1. The van der Waals surface area contributed by atoms with Crippen LogP contribution in [0.4, 0.5) is 23.2 Å². The Balaban J connectivity index is 1.91. The molecule has 1 amide bonds. The Kier molecular flexibility index (Phi) is 7.79.